The summed E-state index contributed by atoms with van der Waals surface area (Å²) in [6.07, 6.45) is 2.26. The predicted molar refractivity (Wildman–Crippen MR) is 88.5 cm³/mol. The lowest BCUT2D eigenvalue weighted by molar-refractivity contribution is 0.295. The van der Waals surface area contributed by atoms with Crippen molar-refractivity contribution < 1.29 is 4.42 Å². The second kappa shape index (κ2) is 7.31. The maximum absolute atomic E-state index is 5.74. The molecule has 0 aliphatic rings. The van der Waals surface area contributed by atoms with E-state index < -0.39 is 0 Å². The second-order valence-corrected chi connectivity index (χ2v) is 5.46. The SMILES string of the molecule is CCN(CC)CCCC(C)Nc1nc2ccc(N)cc2o1. The molecule has 0 fully saturated rings. The topological polar surface area (TPSA) is 67.3 Å². The summed E-state index contributed by atoms with van der Waals surface area (Å²) >= 11 is 0. The number of nitrogen functional groups attached to an aromatic ring is 1. The first-order valence-corrected chi connectivity index (χ1v) is 7.77. The van der Waals surface area contributed by atoms with Crippen LogP contribution in [-0.4, -0.2) is 35.6 Å². The zero-order chi connectivity index (χ0) is 15.2. The Hall–Kier alpha value is -1.75. The minimum absolute atomic E-state index is 0.339. The van der Waals surface area contributed by atoms with Crippen LogP contribution in [0.15, 0.2) is 22.6 Å². The van der Waals surface area contributed by atoms with Crippen LogP contribution in [-0.2, 0) is 0 Å². The highest BCUT2D eigenvalue weighted by atomic mass is 16.4. The number of aromatic nitrogens is 1. The van der Waals surface area contributed by atoms with Gasteiger partial charge in [0.25, 0.3) is 6.01 Å². The number of fused-ring (bicyclic) bond motifs is 1. The van der Waals surface area contributed by atoms with Gasteiger partial charge in [0.05, 0.1) is 0 Å². The lowest BCUT2D eigenvalue weighted by atomic mass is 10.2. The molecule has 1 atom stereocenters. The smallest absolute Gasteiger partial charge is 0.295 e. The van der Waals surface area contributed by atoms with Crippen molar-refractivity contribution in [1.82, 2.24) is 9.88 Å². The number of nitrogens with zero attached hydrogens (tertiary/aromatic N) is 2. The zero-order valence-corrected chi connectivity index (χ0v) is 13.2. The third kappa shape index (κ3) is 4.36. The van der Waals surface area contributed by atoms with Crippen molar-refractivity contribution in [2.24, 2.45) is 0 Å². The van der Waals surface area contributed by atoms with Crippen molar-refractivity contribution in [1.29, 1.82) is 0 Å². The first kappa shape index (κ1) is 15.6. The number of anilines is 2. The van der Waals surface area contributed by atoms with Gasteiger partial charge in [0, 0.05) is 17.8 Å². The van der Waals surface area contributed by atoms with Gasteiger partial charge in [-0.15, -0.1) is 0 Å². The lowest BCUT2D eigenvalue weighted by Gasteiger charge is -2.19. The van der Waals surface area contributed by atoms with E-state index in [-0.39, 0.29) is 0 Å². The Kier molecular flexibility index (Phi) is 5.44. The van der Waals surface area contributed by atoms with Gasteiger partial charge < -0.3 is 20.4 Å². The fourth-order valence-electron chi connectivity index (χ4n) is 2.45. The molecule has 0 saturated carbocycles. The van der Waals surface area contributed by atoms with Crippen molar-refractivity contribution in [2.45, 2.75) is 39.7 Å². The van der Waals surface area contributed by atoms with Gasteiger partial charge in [0.2, 0.25) is 0 Å². The summed E-state index contributed by atoms with van der Waals surface area (Å²) in [6.45, 7) is 9.94. The molecule has 3 N–H and O–H groups in total. The fraction of sp³-hybridized carbons (Fsp3) is 0.562. The van der Waals surface area contributed by atoms with Crippen LogP contribution in [0.2, 0.25) is 0 Å². The van der Waals surface area contributed by atoms with Crippen molar-refractivity contribution in [3.8, 4) is 0 Å². The number of hydrogen-bond acceptors (Lipinski definition) is 5. The van der Waals surface area contributed by atoms with Gasteiger partial charge in [0.1, 0.15) is 5.52 Å². The molecule has 1 aromatic heterocycles. The van der Waals surface area contributed by atoms with Crippen LogP contribution in [0.25, 0.3) is 11.1 Å². The molecule has 0 radical (unpaired) electrons. The quantitative estimate of drug-likeness (QED) is 0.730. The molecular weight excluding hydrogens is 264 g/mol. The predicted octanol–water partition coefficient (Wildman–Crippen LogP) is 3.33. The Labute approximate surface area is 126 Å². The van der Waals surface area contributed by atoms with Crippen molar-refractivity contribution in [3.05, 3.63) is 18.2 Å². The Morgan fingerprint density at radius 1 is 1.33 bits per heavy atom. The number of rotatable bonds is 8. The monoisotopic (exact) mass is 290 g/mol. The van der Waals surface area contributed by atoms with Crippen molar-refractivity contribution in [3.63, 3.8) is 0 Å². The van der Waals surface area contributed by atoms with Gasteiger partial charge in [-0.1, -0.05) is 13.8 Å². The van der Waals surface area contributed by atoms with Gasteiger partial charge in [-0.2, -0.15) is 4.98 Å². The van der Waals surface area contributed by atoms with Crippen LogP contribution in [0.3, 0.4) is 0 Å². The summed E-state index contributed by atoms with van der Waals surface area (Å²) in [6, 6.07) is 6.43. The highest BCUT2D eigenvalue weighted by Crippen LogP contribution is 2.21. The van der Waals surface area contributed by atoms with Crippen LogP contribution in [0.1, 0.15) is 33.6 Å². The van der Waals surface area contributed by atoms with Crippen LogP contribution in [0.4, 0.5) is 11.7 Å². The molecule has 0 aliphatic carbocycles. The van der Waals surface area contributed by atoms with E-state index in [1.165, 1.54) is 6.42 Å². The molecule has 2 rings (SSSR count). The molecule has 1 heterocycles. The standard InChI is InChI=1S/C16H26N4O/c1-4-20(5-2)10-6-7-12(3)18-16-19-14-9-8-13(17)11-15(14)21-16/h8-9,11-12H,4-7,10,17H2,1-3H3,(H,18,19). The maximum atomic E-state index is 5.74. The Morgan fingerprint density at radius 3 is 2.81 bits per heavy atom. The Morgan fingerprint density at radius 2 is 2.10 bits per heavy atom. The van der Waals surface area contributed by atoms with Gasteiger partial charge >= 0.3 is 0 Å². The van der Waals surface area contributed by atoms with E-state index >= 15 is 0 Å². The molecule has 1 aromatic carbocycles. The number of oxazole rings is 1. The normalized spacial score (nSPS) is 13.0. The summed E-state index contributed by atoms with van der Waals surface area (Å²) in [5, 5.41) is 3.32. The molecule has 116 valence electrons. The molecule has 0 amide bonds. The van der Waals surface area contributed by atoms with Crippen LogP contribution < -0.4 is 11.1 Å². The van der Waals surface area contributed by atoms with Crippen molar-refractivity contribution in [2.75, 3.05) is 30.7 Å². The van der Waals surface area contributed by atoms with E-state index in [0.717, 1.165) is 37.2 Å². The average Bonchev–Trinajstić information content (AvgIpc) is 2.84. The zero-order valence-electron chi connectivity index (χ0n) is 13.2. The first-order chi connectivity index (χ1) is 10.1. The lowest BCUT2D eigenvalue weighted by Crippen LogP contribution is -2.25. The molecule has 1 unspecified atom stereocenters. The van der Waals surface area contributed by atoms with Gasteiger partial charge in [-0.3, -0.25) is 0 Å². The molecule has 0 saturated heterocycles. The minimum atomic E-state index is 0.339. The van der Waals surface area contributed by atoms with E-state index in [2.05, 4.69) is 36.0 Å². The number of nitrogens with two attached hydrogens (primary N) is 1. The van der Waals surface area contributed by atoms with Crippen LogP contribution in [0, 0.1) is 0 Å². The van der Waals surface area contributed by atoms with E-state index in [0.29, 0.717) is 17.7 Å². The molecule has 5 heteroatoms. The first-order valence-electron chi connectivity index (χ1n) is 7.77. The van der Waals surface area contributed by atoms with E-state index in [1.807, 2.05) is 12.1 Å². The van der Waals surface area contributed by atoms with E-state index in [1.54, 1.807) is 6.07 Å². The Balaban J connectivity index is 1.85. The largest absolute Gasteiger partial charge is 0.423 e. The molecule has 2 aromatic rings. The van der Waals surface area contributed by atoms with Crippen LogP contribution >= 0.6 is 0 Å². The van der Waals surface area contributed by atoms with Gasteiger partial charge in [-0.05, 0) is 51.5 Å². The average molecular weight is 290 g/mol. The molecule has 0 bridgehead atoms. The summed E-state index contributed by atoms with van der Waals surface area (Å²) in [4.78, 5) is 6.87. The Bertz CT molecular complexity index is 562. The van der Waals surface area contributed by atoms with Gasteiger partial charge in [-0.25, -0.2) is 0 Å². The second-order valence-electron chi connectivity index (χ2n) is 5.46. The third-order valence-corrected chi connectivity index (χ3v) is 3.79. The molecule has 5 nitrogen and oxygen atoms in total. The highest BCUT2D eigenvalue weighted by molar-refractivity contribution is 5.78. The number of benzene rings is 1. The summed E-state index contributed by atoms with van der Waals surface area (Å²) in [7, 11) is 0. The summed E-state index contributed by atoms with van der Waals surface area (Å²) in [5.41, 5.74) is 8.00. The molecule has 21 heavy (non-hydrogen) atoms. The minimum Gasteiger partial charge on any atom is -0.423 e. The van der Waals surface area contributed by atoms with E-state index in [4.69, 9.17) is 10.2 Å². The molecule has 0 aliphatic heterocycles. The summed E-state index contributed by atoms with van der Waals surface area (Å²) < 4.78 is 5.68. The van der Waals surface area contributed by atoms with Crippen LogP contribution in [0.5, 0.6) is 0 Å². The van der Waals surface area contributed by atoms with E-state index in [9.17, 15) is 0 Å². The van der Waals surface area contributed by atoms with Gasteiger partial charge in [0.15, 0.2) is 5.58 Å². The highest BCUT2D eigenvalue weighted by Gasteiger charge is 2.09. The molecular formula is C16H26N4O. The number of hydrogen-bond donors (Lipinski definition) is 2. The summed E-state index contributed by atoms with van der Waals surface area (Å²) in [5.74, 6) is 0. The fourth-order valence-corrected chi connectivity index (χ4v) is 2.45. The number of nitrogens with one attached hydrogen (secondary N) is 1. The molecule has 0 spiro atoms. The maximum Gasteiger partial charge on any atom is 0.295 e. The third-order valence-electron chi connectivity index (χ3n) is 3.79. The van der Waals surface area contributed by atoms with Crippen molar-refractivity contribution >= 4 is 22.8 Å².